The van der Waals surface area contributed by atoms with Crippen molar-refractivity contribution in [2.45, 2.75) is 19.2 Å². The van der Waals surface area contributed by atoms with Gasteiger partial charge in [-0.05, 0) is 17.7 Å². The fraction of sp³-hybridized carbons (Fsp3) is 0.500. The first-order valence-electron chi connectivity index (χ1n) is 6.59. The minimum absolute atomic E-state index is 0.0731. The Kier molecular flexibility index (Phi) is 4.94. The Morgan fingerprint density at radius 2 is 2.35 bits per heavy atom. The zero-order valence-electron chi connectivity index (χ0n) is 11.5. The number of hydrogen-bond donors (Lipinski definition) is 3. The molecule has 2 rings (SSSR count). The Bertz CT molecular complexity index is 478. The van der Waals surface area contributed by atoms with Gasteiger partial charge in [0.25, 0.3) is 0 Å². The molecule has 20 heavy (non-hydrogen) atoms. The number of ether oxygens (including phenoxy) is 1. The molecule has 0 aliphatic carbocycles. The zero-order valence-corrected chi connectivity index (χ0v) is 11.5. The van der Waals surface area contributed by atoms with Gasteiger partial charge < -0.3 is 20.3 Å². The Morgan fingerprint density at radius 1 is 1.55 bits per heavy atom. The van der Waals surface area contributed by atoms with E-state index in [0.29, 0.717) is 25.4 Å². The molecule has 1 aromatic rings. The Labute approximate surface area is 118 Å². The van der Waals surface area contributed by atoms with Gasteiger partial charge in [-0.3, -0.25) is 9.69 Å². The molecule has 0 amide bonds. The molecule has 0 radical (unpaired) electrons. The maximum Gasteiger partial charge on any atom is 0.322 e. The standard InChI is InChI=1S/C14H20N2O4/c1-20-13-3-2-10(6-11(13)9-17)7-16-5-4-15-12(8-16)14(18)19/h2-3,6,12,15,17H,4-5,7-9H2,1H3,(H,18,19). The highest BCUT2D eigenvalue weighted by molar-refractivity contribution is 5.73. The molecule has 1 saturated heterocycles. The number of benzene rings is 1. The summed E-state index contributed by atoms with van der Waals surface area (Å²) in [5.74, 6) is -0.152. The molecule has 0 saturated carbocycles. The predicted molar refractivity (Wildman–Crippen MR) is 73.6 cm³/mol. The molecule has 1 atom stereocenters. The van der Waals surface area contributed by atoms with Crippen molar-refractivity contribution in [2.75, 3.05) is 26.7 Å². The second-order valence-corrected chi connectivity index (χ2v) is 4.88. The molecule has 1 aliphatic rings. The molecule has 1 aliphatic heterocycles. The summed E-state index contributed by atoms with van der Waals surface area (Å²) >= 11 is 0. The third-order valence-electron chi connectivity index (χ3n) is 3.48. The lowest BCUT2D eigenvalue weighted by molar-refractivity contribution is -0.140. The minimum Gasteiger partial charge on any atom is -0.496 e. The lowest BCUT2D eigenvalue weighted by atomic mass is 10.1. The molecule has 0 spiro atoms. The van der Waals surface area contributed by atoms with Crippen LogP contribution in [-0.4, -0.2) is 53.9 Å². The number of aliphatic hydroxyl groups is 1. The second kappa shape index (κ2) is 6.69. The first kappa shape index (κ1) is 14.8. The number of piperazine rings is 1. The van der Waals surface area contributed by atoms with Crippen LogP contribution in [0.15, 0.2) is 18.2 Å². The van der Waals surface area contributed by atoms with Gasteiger partial charge >= 0.3 is 5.97 Å². The smallest absolute Gasteiger partial charge is 0.322 e. The van der Waals surface area contributed by atoms with E-state index in [4.69, 9.17) is 9.84 Å². The molecule has 3 N–H and O–H groups in total. The van der Waals surface area contributed by atoms with Crippen LogP contribution in [0.25, 0.3) is 0 Å². The number of methoxy groups -OCH3 is 1. The number of nitrogens with zero attached hydrogens (tertiary/aromatic N) is 1. The molecular formula is C14H20N2O4. The lowest BCUT2D eigenvalue weighted by Crippen LogP contribution is -2.53. The normalized spacial score (nSPS) is 19.8. The van der Waals surface area contributed by atoms with E-state index in [1.165, 1.54) is 0 Å². The maximum absolute atomic E-state index is 11.0. The van der Waals surface area contributed by atoms with Crippen molar-refractivity contribution in [3.63, 3.8) is 0 Å². The Hall–Kier alpha value is -1.63. The van der Waals surface area contributed by atoms with Crippen molar-refractivity contribution >= 4 is 5.97 Å². The molecule has 1 heterocycles. The fourth-order valence-corrected chi connectivity index (χ4v) is 2.43. The van der Waals surface area contributed by atoms with E-state index >= 15 is 0 Å². The number of hydrogen-bond acceptors (Lipinski definition) is 5. The number of rotatable bonds is 5. The van der Waals surface area contributed by atoms with Gasteiger partial charge in [-0.1, -0.05) is 6.07 Å². The molecule has 0 bridgehead atoms. The largest absolute Gasteiger partial charge is 0.496 e. The number of aliphatic hydroxyl groups excluding tert-OH is 1. The first-order valence-corrected chi connectivity index (χ1v) is 6.59. The van der Waals surface area contributed by atoms with Crippen LogP contribution < -0.4 is 10.1 Å². The van der Waals surface area contributed by atoms with Gasteiger partial charge in [0.15, 0.2) is 0 Å². The average molecular weight is 280 g/mol. The SMILES string of the molecule is COc1ccc(CN2CCNC(C(=O)O)C2)cc1CO. The van der Waals surface area contributed by atoms with Crippen LogP contribution in [0.4, 0.5) is 0 Å². The molecule has 1 aromatic carbocycles. The number of carbonyl (C=O) groups is 1. The summed E-state index contributed by atoms with van der Waals surface area (Å²) in [7, 11) is 1.57. The average Bonchev–Trinajstić information content (AvgIpc) is 2.47. The minimum atomic E-state index is -0.819. The highest BCUT2D eigenvalue weighted by atomic mass is 16.5. The highest BCUT2D eigenvalue weighted by Crippen LogP contribution is 2.21. The van der Waals surface area contributed by atoms with Crippen LogP contribution in [-0.2, 0) is 17.9 Å². The third kappa shape index (κ3) is 3.47. The van der Waals surface area contributed by atoms with Gasteiger partial charge in [-0.15, -0.1) is 0 Å². The van der Waals surface area contributed by atoms with Gasteiger partial charge in [-0.25, -0.2) is 0 Å². The van der Waals surface area contributed by atoms with Gasteiger partial charge in [-0.2, -0.15) is 0 Å². The molecule has 1 unspecified atom stereocenters. The number of carboxylic acid groups (broad SMARTS) is 1. The van der Waals surface area contributed by atoms with Crippen LogP contribution in [0.1, 0.15) is 11.1 Å². The summed E-state index contributed by atoms with van der Waals surface area (Å²) in [4.78, 5) is 13.1. The predicted octanol–water partition coefficient (Wildman–Crippen LogP) is 0.0459. The Balaban J connectivity index is 2.04. The van der Waals surface area contributed by atoms with E-state index in [9.17, 15) is 9.90 Å². The summed E-state index contributed by atoms with van der Waals surface area (Å²) in [6, 6.07) is 5.16. The van der Waals surface area contributed by atoms with Crippen LogP contribution in [0.3, 0.4) is 0 Å². The van der Waals surface area contributed by atoms with Gasteiger partial charge in [0.2, 0.25) is 0 Å². The monoisotopic (exact) mass is 280 g/mol. The summed E-state index contributed by atoms with van der Waals surface area (Å²) in [5, 5.41) is 21.3. The van der Waals surface area contributed by atoms with Crippen molar-refractivity contribution < 1.29 is 19.7 Å². The molecule has 110 valence electrons. The summed E-state index contributed by atoms with van der Waals surface area (Å²) in [6.07, 6.45) is 0. The quantitative estimate of drug-likeness (QED) is 0.707. The molecule has 6 nitrogen and oxygen atoms in total. The molecule has 6 heteroatoms. The lowest BCUT2D eigenvalue weighted by Gasteiger charge is -2.31. The van der Waals surface area contributed by atoms with E-state index in [1.54, 1.807) is 7.11 Å². The zero-order chi connectivity index (χ0) is 14.5. The molecular weight excluding hydrogens is 260 g/mol. The Morgan fingerprint density at radius 3 is 3.00 bits per heavy atom. The topological polar surface area (TPSA) is 82.0 Å². The van der Waals surface area contributed by atoms with Gasteiger partial charge in [0, 0.05) is 31.7 Å². The first-order chi connectivity index (χ1) is 9.63. The van der Waals surface area contributed by atoms with Crippen molar-refractivity contribution in [3.8, 4) is 5.75 Å². The van der Waals surface area contributed by atoms with Gasteiger partial charge in [0.1, 0.15) is 11.8 Å². The van der Waals surface area contributed by atoms with E-state index in [1.807, 2.05) is 18.2 Å². The number of carboxylic acids is 1. The second-order valence-electron chi connectivity index (χ2n) is 4.88. The van der Waals surface area contributed by atoms with E-state index in [0.717, 1.165) is 17.7 Å². The van der Waals surface area contributed by atoms with Crippen molar-refractivity contribution in [1.29, 1.82) is 0 Å². The highest BCUT2D eigenvalue weighted by Gasteiger charge is 2.24. The summed E-state index contributed by atoms with van der Waals surface area (Å²) in [5.41, 5.74) is 1.79. The van der Waals surface area contributed by atoms with Crippen LogP contribution in [0, 0.1) is 0 Å². The van der Waals surface area contributed by atoms with E-state index < -0.39 is 12.0 Å². The number of aliphatic carboxylic acids is 1. The van der Waals surface area contributed by atoms with Crippen LogP contribution >= 0.6 is 0 Å². The van der Waals surface area contributed by atoms with Crippen molar-refractivity contribution in [3.05, 3.63) is 29.3 Å². The third-order valence-corrected chi connectivity index (χ3v) is 3.48. The van der Waals surface area contributed by atoms with Crippen LogP contribution in [0.5, 0.6) is 5.75 Å². The summed E-state index contributed by atoms with van der Waals surface area (Å²) in [6.45, 7) is 2.55. The van der Waals surface area contributed by atoms with Crippen molar-refractivity contribution in [2.24, 2.45) is 0 Å². The fourth-order valence-electron chi connectivity index (χ4n) is 2.43. The van der Waals surface area contributed by atoms with Gasteiger partial charge in [0.05, 0.1) is 13.7 Å². The van der Waals surface area contributed by atoms with E-state index in [2.05, 4.69) is 10.2 Å². The van der Waals surface area contributed by atoms with Crippen LogP contribution in [0.2, 0.25) is 0 Å². The number of nitrogens with one attached hydrogen (secondary N) is 1. The molecule has 1 fully saturated rings. The van der Waals surface area contributed by atoms with Crippen molar-refractivity contribution in [1.82, 2.24) is 10.2 Å². The maximum atomic E-state index is 11.0. The molecule has 0 aromatic heterocycles. The summed E-state index contributed by atoms with van der Waals surface area (Å²) < 4.78 is 5.17. The van der Waals surface area contributed by atoms with E-state index in [-0.39, 0.29) is 6.61 Å².